The number of rotatable bonds is 4. The Morgan fingerprint density at radius 2 is 1.74 bits per heavy atom. The average molecular weight is 472 g/mol. The molecule has 0 atom stereocenters. The quantitative estimate of drug-likeness (QED) is 0.432. The minimum Gasteiger partial charge on any atom is -0.454 e. The number of ether oxygens (including phenoxy) is 2. The van der Waals surface area contributed by atoms with Crippen molar-refractivity contribution in [2.75, 3.05) is 17.0 Å². The van der Waals surface area contributed by atoms with Crippen LogP contribution in [0, 0.1) is 0 Å². The van der Waals surface area contributed by atoms with E-state index >= 15 is 0 Å². The maximum atomic E-state index is 12.7. The van der Waals surface area contributed by atoms with E-state index in [1.54, 1.807) is 48.5 Å². The number of anilines is 2. The van der Waals surface area contributed by atoms with Gasteiger partial charge in [0.2, 0.25) is 11.9 Å². The Bertz CT molecular complexity index is 1460. The lowest BCUT2D eigenvalue weighted by molar-refractivity contribution is 0.0926. The molecule has 3 heterocycles. The Labute approximate surface area is 196 Å². The summed E-state index contributed by atoms with van der Waals surface area (Å²) in [6.45, 7) is 0.511. The number of benzene rings is 3. The molecule has 2 aliphatic heterocycles. The lowest BCUT2D eigenvalue weighted by Crippen LogP contribution is -2.29. The Hall–Kier alpha value is -4.44. The Morgan fingerprint density at radius 1 is 0.971 bits per heavy atom. The number of carbonyl (C=O) groups excluding carboxylic acids is 3. The van der Waals surface area contributed by atoms with Crippen LogP contribution in [-0.4, -0.2) is 29.6 Å². The first-order valence-corrected chi connectivity index (χ1v) is 11.2. The summed E-state index contributed by atoms with van der Waals surface area (Å²) in [6.07, 6.45) is 0. The summed E-state index contributed by atoms with van der Waals surface area (Å²) in [5, 5.41) is 5.89. The number of urea groups is 1. The molecule has 0 bridgehead atoms. The first kappa shape index (κ1) is 20.2. The molecule has 2 aliphatic rings. The van der Waals surface area contributed by atoms with Crippen LogP contribution in [0.5, 0.6) is 11.5 Å². The van der Waals surface area contributed by atoms with Gasteiger partial charge < -0.3 is 20.1 Å². The van der Waals surface area contributed by atoms with Crippen molar-refractivity contribution < 1.29 is 23.9 Å². The molecule has 0 unspecified atom stereocenters. The number of aromatic nitrogens is 1. The van der Waals surface area contributed by atoms with Crippen molar-refractivity contribution in [3.63, 3.8) is 0 Å². The predicted molar refractivity (Wildman–Crippen MR) is 126 cm³/mol. The summed E-state index contributed by atoms with van der Waals surface area (Å²) >= 11 is 1.21. The molecule has 1 aromatic heterocycles. The summed E-state index contributed by atoms with van der Waals surface area (Å²) in [5.74, 6) is 0.567. The molecule has 9 nitrogen and oxygen atoms in total. The molecular formula is C24H16N4O5S. The molecule has 0 radical (unpaired) electrons. The number of fused-ring (bicyclic) bond motifs is 3. The first-order valence-electron chi connectivity index (χ1n) is 10.4. The minimum atomic E-state index is -0.388. The SMILES string of the molecule is O=C(NCc1ccc2c(c1)OCO2)Nc1ccc2nc(N3C(=O)c4ccccc4C3=O)sc2c1. The van der Waals surface area contributed by atoms with Crippen LogP contribution in [0.4, 0.5) is 15.6 Å². The Balaban J connectivity index is 1.16. The van der Waals surface area contributed by atoms with Gasteiger partial charge in [-0.25, -0.2) is 14.7 Å². The van der Waals surface area contributed by atoms with Gasteiger partial charge in [-0.1, -0.05) is 29.5 Å². The number of imide groups is 1. The number of thiazole rings is 1. The molecule has 0 aliphatic carbocycles. The van der Waals surface area contributed by atoms with Gasteiger partial charge in [-0.05, 0) is 48.0 Å². The molecule has 10 heteroatoms. The third-order valence-corrected chi connectivity index (χ3v) is 6.51. The van der Waals surface area contributed by atoms with E-state index in [0.29, 0.717) is 45.5 Å². The van der Waals surface area contributed by atoms with E-state index in [1.165, 1.54) is 11.3 Å². The lowest BCUT2D eigenvalue weighted by Gasteiger charge is -2.08. The molecule has 34 heavy (non-hydrogen) atoms. The second kappa shape index (κ2) is 7.85. The molecule has 0 saturated heterocycles. The van der Waals surface area contributed by atoms with Gasteiger partial charge in [-0.3, -0.25) is 9.59 Å². The van der Waals surface area contributed by atoms with Crippen molar-refractivity contribution in [2.24, 2.45) is 0 Å². The number of amides is 4. The van der Waals surface area contributed by atoms with Crippen molar-refractivity contribution in [1.29, 1.82) is 0 Å². The highest BCUT2D eigenvalue weighted by Crippen LogP contribution is 2.35. The molecule has 0 saturated carbocycles. The smallest absolute Gasteiger partial charge is 0.319 e. The van der Waals surface area contributed by atoms with Gasteiger partial charge in [-0.2, -0.15) is 0 Å². The monoisotopic (exact) mass is 472 g/mol. The van der Waals surface area contributed by atoms with E-state index in [4.69, 9.17) is 9.47 Å². The summed E-state index contributed by atoms with van der Waals surface area (Å²) < 4.78 is 11.4. The summed E-state index contributed by atoms with van der Waals surface area (Å²) in [5.41, 5.74) is 2.81. The Kier molecular flexibility index (Phi) is 4.66. The fourth-order valence-corrected chi connectivity index (χ4v) is 4.86. The van der Waals surface area contributed by atoms with Gasteiger partial charge >= 0.3 is 6.03 Å². The Morgan fingerprint density at radius 3 is 2.53 bits per heavy atom. The van der Waals surface area contributed by atoms with E-state index in [9.17, 15) is 14.4 Å². The molecule has 0 fully saturated rings. The minimum absolute atomic E-state index is 0.196. The molecule has 6 rings (SSSR count). The van der Waals surface area contributed by atoms with Crippen LogP contribution in [0.15, 0.2) is 60.7 Å². The molecule has 3 aromatic carbocycles. The lowest BCUT2D eigenvalue weighted by atomic mass is 10.1. The second-order valence-electron chi connectivity index (χ2n) is 7.67. The van der Waals surface area contributed by atoms with Gasteiger partial charge in [0.1, 0.15) is 0 Å². The van der Waals surface area contributed by atoms with Crippen LogP contribution < -0.4 is 25.0 Å². The number of nitrogens with zero attached hydrogens (tertiary/aromatic N) is 2. The highest BCUT2D eigenvalue weighted by Gasteiger charge is 2.38. The first-order chi connectivity index (χ1) is 16.6. The van der Waals surface area contributed by atoms with Gasteiger partial charge in [0.25, 0.3) is 11.8 Å². The number of hydrogen-bond acceptors (Lipinski definition) is 7. The van der Waals surface area contributed by atoms with Crippen molar-refractivity contribution in [3.8, 4) is 11.5 Å². The van der Waals surface area contributed by atoms with Crippen LogP contribution >= 0.6 is 11.3 Å². The molecule has 4 amide bonds. The largest absolute Gasteiger partial charge is 0.454 e. The molecular weight excluding hydrogens is 456 g/mol. The predicted octanol–water partition coefficient (Wildman–Crippen LogP) is 4.15. The third kappa shape index (κ3) is 3.41. The molecule has 168 valence electrons. The summed E-state index contributed by atoms with van der Waals surface area (Å²) in [6, 6.07) is 17.0. The number of hydrogen-bond donors (Lipinski definition) is 2. The van der Waals surface area contributed by atoms with Crippen LogP contribution in [0.1, 0.15) is 26.3 Å². The number of nitrogens with one attached hydrogen (secondary N) is 2. The topological polar surface area (TPSA) is 110 Å². The highest BCUT2D eigenvalue weighted by atomic mass is 32.1. The zero-order valence-corrected chi connectivity index (χ0v) is 18.3. The van der Waals surface area contributed by atoms with Crippen molar-refractivity contribution in [1.82, 2.24) is 10.3 Å². The van der Waals surface area contributed by atoms with Gasteiger partial charge in [0.15, 0.2) is 11.5 Å². The maximum Gasteiger partial charge on any atom is 0.319 e. The van der Waals surface area contributed by atoms with Gasteiger partial charge in [0.05, 0.1) is 21.3 Å². The van der Waals surface area contributed by atoms with E-state index in [2.05, 4.69) is 15.6 Å². The number of carbonyl (C=O) groups is 3. The maximum absolute atomic E-state index is 12.7. The van der Waals surface area contributed by atoms with Crippen LogP contribution in [0.3, 0.4) is 0 Å². The van der Waals surface area contributed by atoms with Gasteiger partial charge in [-0.15, -0.1) is 0 Å². The van der Waals surface area contributed by atoms with E-state index < -0.39 is 0 Å². The molecule has 4 aromatic rings. The fourth-order valence-electron chi connectivity index (χ4n) is 3.86. The van der Waals surface area contributed by atoms with E-state index in [-0.39, 0.29) is 24.6 Å². The molecule has 2 N–H and O–H groups in total. The highest BCUT2D eigenvalue weighted by molar-refractivity contribution is 7.22. The zero-order valence-electron chi connectivity index (χ0n) is 17.5. The van der Waals surface area contributed by atoms with Gasteiger partial charge in [0, 0.05) is 12.2 Å². The van der Waals surface area contributed by atoms with E-state index in [1.807, 2.05) is 12.1 Å². The van der Waals surface area contributed by atoms with Crippen LogP contribution in [0.25, 0.3) is 10.2 Å². The van der Waals surface area contributed by atoms with Crippen LogP contribution in [-0.2, 0) is 6.54 Å². The zero-order chi connectivity index (χ0) is 23.2. The van der Waals surface area contributed by atoms with Crippen LogP contribution in [0.2, 0.25) is 0 Å². The average Bonchev–Trinajstić information content (AvgIpc) is 3.54. The second-order valence-corrected chi connectivity index (χ2v) is 8.67. The third-order valence-electron chi connectivity index (χ3n) is 5.51. The van der Waals surface area contributed by atoms with Crippen molar-refractivity contribution >= 4 is 50.2 Å². The van der Waals surface area contributed by atoms with Crippen molar-refractivity contribution in [3.05, 3.63) is 77.4 Å². The van der Waals surface area contributed by atoms with Crippen molar-refractivity contribution in [2.45, 2.75) is 6.54 Å². The summed E-state index contributed by atoms with van der Waals surface area (Å²) in [4.78, 5) is 43.4. The van der Waals surface area contributed by atoms with E-state index in [0.717, 1.165) is 15.2 Å². The summed E-state index contributed by atoms with van der Waals surface area (Å²) in [7, 11) is 0. The molecule has 0 spiro atoms. The normalized spacial score (nSPS) is 13.9. The fraction of sp³-hybridized carbons (Fsp3) is 0.0833. The standard InChI is InChI=1S/C24H16N4O5S/c29-21-15-3-1-2-4-16(15)22(30)28(21)24-27-17-7-6-14(10-20(17)34-24)26-23(31)25-11-13-5-8-18-19(9-13)33-12-32-18/h1-10H,11-12H2,(H2,25,26,31).